The van der Waals surface area contributed by atoms with Crippen molar-refractivity contribution in [3.05, 3.63) is 22.7 Å². The first kappa shape index (κ1) is 15.9. The molecular weight excluding hydrogens is 296 g/mol. The van der Waals surface area contributed by atoms with E-state index < -0.39 is 0 Å². The van der Waals surface area contributed by atoms with Crippen molar-refractivity contribution in [2.75, 3.05) is 56.9 Å². The van der Waals surface area contributed by atoms with Crippen LogP contribution in [0, 0.1) is 6.92 Å². The van der Waals surface area contributed by atoms with Gasteiger partial charge in [0.15, 0.2) is 0 Å². The van der Waals surface area contributed by atoms with Gasteiger partial charge in [0.1, 0.15) is 0 Å². The zero-order chi connectivity index (χ0) is 15.7. The molecule has 0 amide bonds. The largest absolute Gasteiger partial charge is 0.398 e. The van der Waals surface area contributed by atoms with Crippen molar-refractivity contribution >= 4 is 23.0 Å². The number of anilines is 2. The molecule has 2 aliphatic heterocycles. The first-order chi connectivity index (χ1) is 10.5. The number of hydrogen-bond acceptors (Lipinski definition) is 4. The number of rotatable bonds is 2. The normalized spacial score (nSPS) is 22.2. The van der Waals surface area contributed by atoms with Crippen molar-refractivity contribution in [2.45, 2.75) is 25.8 Å². The molecule has 4 nitrogen and oxygen atoms in total. The Morgan fingerprint density at radius 2 is 1.68 bits per heavy atom. The van der Waals surface area contributed by atoms with Crippen molar-refractivity contribution in [1.82, 2.24) is 9.80 Å². The molecule has 22 heavy (non-hydrogen) atoms. The Hall–Kier alpha value is -0.970. The Bertz CT molecular complexity index is 518. The van der Waals surface area contributed by atoms with Gasteiger partial charge >= 0.3 is 0 Å². The molecule has 0 aliphatic carbocycles. The van der Waals surface area contributed by atoms with Crippen LogP contribution in [0.4, 0.5) is 11.4 Å². The number of nitrogens with two attached hydrogens (primary N) is 1. The smallest absolute Gasteiger partial charge is 0.0656 e. The van der Waals surface area contributed by atoms with Gasteiger partial charge in [0, 0.05) is 51.0 Å². The van der Waals surface area contributed by atoms with Gasteiger partial charge in [-0.1, -0.05) is 11.6 Å². The lowest BCUT2D eigenvalue weighted by Gasteiger charge is -2.43. The molecule has 0 aromatic heterocycles. The third-order valence-electron chi connectivity index (χ3n) is 5.17. The van der Waals surface area contributed by atoms with Crippen molar-refractivity contribution in [3.63, 3.8) is 0 Å². The summed E-state index contributed by atoms with van der Waals surface area (Å²) in [6.45, 7) is 9.17. The fraction of sp³-hybridized carbons (Fsp3) is 0.647. The molecule has 0 unspecified atom stereocenters. The Morgan fingerprint density at radius 1 is 1.05 bits per heavy atom. The van der Waals surface area contributed by atoms with E-state index in [1.165, 1.54) is 50.3 Å². The Labute approximate surface area is 138 Å². The topological polar surface area (TPSA) is 35.7 Å². The summed E-state index contributed by atoms with van der Waals surface area (Å²) in [4.78, 5) is 7.57. The van der Waals surface area contributed by atoms with E-state index in [1.54, 1.807) is 0 Å². The van der Waals surface area contributed by atoms with Crippen LogP contribution in [0.5, 0.6) is 0 Å². The fourth-order valence-corrected chi connectivity index (χ4v) is 3.85. The van der Waals surface area contributed by atoms with Crippen LogP contribution in [0.3, 0.4) is 0 Å². The molecule has 2 fully saturated rings. The van der Waals surface area contributed by atoms with Gasteiger partial charge < -0.3 is 15.5 Å². The third-order valence-corrected chi connectivity index (χ3v) is 5.50. The number of nitrogen functional groups attached to an aromatic ring is 1. The van der Waals surface area contributed by atoms with Gasteiger partial charge in [-0.3, -0.25) is 4.90 Å². The van der Waals surface area contributed by atoms with Gasteiger partial charge in [-0.05, 0) is 44.5 Å². The summed E-state index contributed by atoms with van der Waals surface area (Å²) in [6, 6.07) is 4.77. The highest BCUT2D eigenvalue weighted by Crippen LogP contribution is 2.31. The third kappa shape index (κ3) is 3.34. The second kappa shape index (κ2) is 6.65. The summed E-state index contributed by atoms with van der Waals surface area (Å²) in [6.07, 6.45) is 2.48. The highest BCUT2D eigenvalue weighted by molar-refractivity contribution is 6.33. The summed E-state index contributed by atoms with van der Waals surface area (Å²) in [5.41, 5.74) is 9.03. The van der Waals surface area contributed by atoms with Gasteiger partial charge in [-0.25, -0.2) is 0 Å². The summed E-state index contributed by atoms with van der Waals surface area (Å²) >= 11 is 6.20. The van der Waals surface area contributed by atoms with Crippen LogP contribution in [0.25, 0.3) is 0 Å². The average molecular weight is 323 g/mol. The molecule has 0 bridgehead atoms. The van der Waals surface area contributed by atoms with Crippen molar-refractivity contribution in [2.24, 2.45) is 0 Å². The molecule has 2 saturated heterocycles. The lowest BCUT2D eigenvalue weighted by molar-refractivity contribution is 0.0982. The van der Waals surface area contributed by atoms with E-state index in [4.69, 9.17) is 17.3 Å². The van der Waals surface area contributed by atoms with Crippen LogP contribution in [0.1, 0.15) is 18.4 Å². The number of nitrogens with zero attached hydrogens (tertiary/aromatic N) is 3. The van der Waals surface area contributed by atoms with Crippen LogP contribution in [0.15, 0.2) is 12.1 Å². The Morgan fingerprint density at radius 3 is 2.32 bits per heavy atom. The molecule has 2 aliphatic rings. The number of aryl methyl sites for hydroxylation is 1. The quantitative estimate of drug-likeness (QED) is 0.848. The highest BCUT2D eigenvalue weighted by Gasteiger charge is 2.27. The van der Waals surface area contributed by atoms with E-state index in [0.29, 0.717) is 10.7 Å². The number of halogens is 1. The minimum absolute atomic E-state index is 0.668. The molecule has 0 saturated carbocycles. The molecule has 0 radical (unpaired) electrons. The maximum atomic E-state index is 6.20. The standard InChI is InChI=1S/C17H27ClN4/c1-13-11-16(19)15(18)12-17(13)22-5-3-14(4-6-22)21-9-7-20(2)8-10-21/h11-12,14H,3-10,19H2,1-2H3. The number of likely N-dealkylation sites (N-methyl/N-ethyl adjacent to an activating group) is 1. The van der Waals surface area contributed by atoms with Gasteiger partial charge in [-0.15, -0.1) is 0 Å². The summed E-state index contributed by atoms with van der Waals surface area (Å²) in [5, 5.41) is 0.668. The Kier molecular flexibility index (Phi) is 4.81. The minimum atomic E-state index is 0.668. The molecule has 1 aromatic rings. The summed E-state index contributed by atoms with van der Waals surface area (Å²) in [5.74, 6) is 0. The van der Waals surface area contributed by atoms with Crippen molar-refractivity contribution < 1.29 is 0 Å². The predicted molar refractivity (Wildman–Crippen MR) is 94.9 cm³/mol. The second-order valence-electron chi connectivity index (χ2n) is 6.72. The number of piperidine rings is 1. The van der Waals surface area contributed by atoms with Crippen molar-refractivity contribution in [1.29, 1.82) is 0 Å². The van der Waals surface area contributed by atoms with Crippen molar-refractivity contribution in [3.8, 4) is 0 Å². The molecular formula is C17H27ClN4. The van der Waals surface area contributed by atoms with Crippen LogP contribution in [0.2, 0.25) is 5.02 Å². The van der Waals surface area contributed by atoms with E-state index in [1.807, 2.05) is 12.1 Å². The van der Waals surface area contributed by atoms with E-state index in [-0.39, 0.29) is 0 Å². The SMILES string of the molecule is Cc1cc(N)c(Cl)cc1N1CCC(N2CCN(C)CC2)CC1. The van der Waals surface area contributed by atoms with Crippen LogP contribution in [-0.4, -0.2) is 62.2 Å². The number of hydrogen-bond donors (Lipinski definition) is 1. The van der Waals surface area contributed by atoms with Gasteiger partial charge in [0.25, 0.3) is 0 Å². The van der Waals surface area contributed by atoms with Gasteiger partial charge in [0.2, 0.25) is 0 Å². The molecule has 0 atom stereocenters. The molecule has 1 aromatic carbocycles. The zero-order valence-electron chi connectivity index (χ0n) is 13.7. The first-order valence-corrected chi connectivity index (χ1v) is 8.65. The first-order valence-electron chi connectivity index (χ1n) is 8.28. The van der Waals surface area contributed by atoms with Gasteiger partial charge in [-0.2, -0.15) is 0 Å². The maximum absolute atomic E-state index is 6.20. The molecule has 2 N–H and O–H groups in total. The van der Waals surface area contributed by atoms with E-state index >= 15 is 0 Å². The van der Waals surface area contributed by atoms with Crippen LogP contribution < -0.4 is 10.6 Å². The molecule has 122 valence electrons. The second-order valence-corrected chi connectivity index (χ2v) is 7.12. The number of benzene rings is 1. The lowest BCUT2D eigenvalue weighted by atomic mass is 10.0. The fourth-order valence-electron chi connectivity index (χ4n) is 3.69. The molecule has 5 heteroatoms. The minimum Gasteiger partial charge on any atom is -0.398 e. The van der Waals surface area contributed by atoms with Crippen LogP contribution >= 0.6 is 11.6 Å². The van der Waals surface area contributed by atoms with Gasteiger partial charge in [0.05, 0.1) is 10.7 Å². The van der Waals surface area contributed by atoms with E-state index in [2.05, 4.69) is 28.7 Å². The monoisotopic (exact) mass is 322 g/mol. The van der Waals surface area contributed by atoms with Crippen LogP contribution in [-0.2, 0) is 0 Å². The summed E-state index contributed by atoms with van der Waals surface area (Å²) in [7, 11) is 2.22. The maximum Gasteiger partial charge on any atom is 0.0656 e. The average Bonchev–Trinajstić information content (AvgIpc) is 2.52. The van der Waals surface area contributed by atoms with E-state index in [9.17, 15) is 0 Å². The lowest BCUT2D eigenvalue weighted by Crippen LogP contribution is -2.52. The molecule has 0 spiro atoms. The molecule has 3 rings (SSSR count). The zero-order valence-corrected chi connectivity index (χ0v) is 14.4. The Balaban J connectivity index is 1.61. The highest BCUT2D eigenvalue weighted by atomic mass is 35.5. The predicted octanol–water partition coefficient (Wildman–Crippen LogP) is 2.45. The molecule has 2 heterocycles. The van der Waals surface area contributed by atoms with E-state index in [0.717, 1.165) is 19.1 Å². The number of piperazine rings is 1. The summed E-state index contributed by atoms with van der Waals surface area (Å²) < 4.78 is 0.